The first kappa shape index (κ1) is 18.0. The molecule has 0 atom stereocenters. The normalized spacial score (nSPS) is 11.1. The van der Waals surface area contributed by atoms with Crippen molar-refractivity contribution < 1.29 is 9.66 Å². The molecule has 1 aromatic rings. The number of nitro benzene ring substituents is 1. The first-order valence-electron chi connectivity index (χ1n) is 6.95. The Kier molecular flexibility index (Phi) is 8.01. The highest BCUT2D eigenvalue weighted by atomic mass is 32.1. The van der Waals surface area contributed by atoms with Crippen LogP contribution in [0.15, 0.2) is 29.4 Å². The lowest BCUT2D eigenvalue weighted by atomic mass is 10.1. The van der Waals surface area contributed by atoms with Crippen LogP contribution in [0.2, 0.25) is 0 Å². The van der Waals surface area contributed by atoms with Crippen LogP contribution >= 0.6 is 12.2 Å². The third-order valence-corrected chi connectivity index (χ3v) is 2.99. The van der Waals surface area contributed by atoms with Crippen molar-refractivity contribution in [2.24, 2.45) is 5.10 Å². The summed E-state index contributed by atoms with van der Waals surface area (Å²) in [6, 6.07) is 6.29. The molecule has 0 heterocycles. The van der Waals surface area contributed by atoms with Gasteiger partial charge in [-0.25, -0.2) is 0 Å². The monoisotopic (exact) mass is 324 g/mol. The Morgan fingerprint density at radius 2 is 2.27 bits per heavy atom. The predicted molar refractivity (Wildman–Crippen MR) is 90.2 cm³/mol. The second kappa shape index (κ2) is 9.80. The molecular weight excluding hydrogens is 304 g/mol. The van der Waals surface area contributed by atoms with Crippen LogP contribution in [-0.2, 0) is 4.74 Å². The van der Waals surface area contributed by atoms with Crippen molar-refractivity contribution in [2.75, 3.05) is 19.8 Å². The topological polar surface area (TPSA) is 88.8 Å². The quantitative estimate of drug-likeness (QED) is 0.251. The molecule has 0 saturated carbocycles. The van der Waals surface area contributed by atoms with E-state index in [-0.39, 0.29) is 5.69 Å². The number of nitrogens with zero attached hydrogens (tertiary/aromatic N) is 2. The molecule has 8 heteroatoms. The number of hydrogen-bond donors (Lipinski definition) is 2. The minimum atomic E-state index is -0.436. The highest BCUT2D eigenvalue weighted by Gasteiger charge is 2.07. The highest BCUT2D eigenvalue weighted by molar-refractivity contribution is 7.80. The summed E-state index contributed by atoms with van der Waals surface area (Å²) >= 11 is 5.09. The molecule has 0 unspecified atom stereocenters. The van der Waals surface area contributed by atoms with Gasteiger partial charge in [-0.3, -0.25) is 15.5 Å². The molecule has 0 bridgehead atoms. The van der Waals surface area contributed by atoms with Gasteiger partial charge in [-0.15, -0.1) is 0 Å². The number of ether oxygens (including phenoxy) is 1. The van der Waals surface area contributed by atoms with Gasteiger partial charge >= 0.3 is 0 Å². The van der Waals surface area contributed by atoms with Crippen LogP contribution in [-0.4, -0.2) is 35.5 Å². The van der Waals surface area contributed by atoms with Crippen LogP contribution in [0.25, 0.3) is 0 Å². The average Bonchev–Trinajstić information content (AvgIpc) is 2.52. The SMILES string of the molecule is CCOCCCNC(=S)N/N=C(/C)c1cccc([N+](=O)[O-])c1. The second-order valence-electron chi connectivity index (χ2n) is 4.42. The number of nitrogens with one attached hydrogen (secondary N) is 2. The first-order valence-corrected chi connectivity index (χ1v) is 7.36. The molecule has 1 rings (SSSR count). The highest BCUT2D eigenvalue weighted by Crippen LogP contribution is 2.13. The van der Waals surface area contributed by atoms with E-state index < -0.39 is 4.92 Å². The summed E-state index contributed by atoms with van der Waals surface area (Å²) in [6.07, 6.45) is 0.850. The maximum atomic E-state index is 10.7. The molecule has 0 aliphatic rings. The van der Waals surface area contributed by atoms with Gasteiger partial charge < -0.3 is 10.1 Å². The maximum Gasteiger partial charge on any atom is 0.270 e. The molecule has 0 fully saturated rings. The molecule has 0 aliphatic heterocycles. The maximum absolute atomic E-state index is 10.7. The van der Waals surface area contributed by atoms with Gasteiger partial charge in [0.25, 0.3) is 5.69 Å². The Hall–Kier alpha value is -2.06. The fourth-order valence-electron chi connectivity index (χ4n) is 1.60. The van der Waals surface area contributed by atoms with Crippen LogP contribution in [0.4, 0.5) is 5.69 Å². The number of nitro groups is 1. The minimum Gasteiger partial charge on any atom is -0.382 e. The van der Waals surface area contributed by atoms with Crippen molar-refractivity contribution in [1.29, 1.82) is 0 Å². The van der Waals surface area contributed by atoms with Crippen molar-refractivity contribution in [3.8, 4) is 0 Å². The first-order chi connectivity index (χ1) is 10.5. The molecule has 1 aromatic carbocycles. The van der Waals surface area contributed by atoms with Crippen LogP contribution in [0.3, 0.4) is 0 Å². The Labute approximate surface area is 134 Å². The molecule has 2 N–H and O–H groups in total. The Morgan fingerprint density at radius 3 is 2.95 bits per heavy atom. The van der Waals surface area contributed by atoms with E-state index in [0.717, 1.165) is 6.42 Å². The molecule has 0 aliphatic carbocycles. The van der Waals surface area contributed by atoms with Crippen LogP contribution in [0, 0.1) is 10.1 Å². The standard InChI is InChI=1S/C14H20N4O3S/c1-3-21-9-5-8-15-14(22)17-16-11(2)12-6-4-7-13(10-12)18(19)20/h4,6-7,10H,3,5,8-9H2,1-2H3,(H2,15,17,22)/b16-11-. The lowest BCUT2D eigenvalue weighted by molar-refractivity contribution is -0.384. The molecule has 0 amide bonds. The third-order valence-electron chi connectivity index (χ3n) is 2.76. The number of hydrogen-bond acceptors (Lipinski definition) is 5. The average molecular weight is 324 g/mol. The smallest absolute Gasteiger partial charge is 0.270 e. The lowest BCUT2D eigenvalue weighted by Gasteiger charge is -2.08. The lowest BCUT2D eigenvalue weighted by Crippen LogP contribution is -2.33. The van der Waals surface area contributed by atoms with Gasteiger partial charge in [0.05, 0.1) is 10.6 Å². The fraction of sp³-hybridized carbons (Fsp3) is 0.429. The number of hydrazone groups is 1. The van der Waals surface area contributed by atoms with Crippen molar-refractivity contribution in [1.82, 2.24) is 10.7 Å². The summed E-state index contributed by atoms with van der Waals surface area (Å²) in [5.41, 5.74) is 4.03. The van der Waals surface area contributed by atoms with Crippen LogP contribution in [0.1, 0.15) is 25.8 Å². The van der Waals surface area contributed by atoms with E-state index >= 15 is 0 Å². The van der Waals surface area contributed by atoms with E-state index in [0.29, 0.717) is 36.1 Å². The van der Waals surface area contributed by atoms with Gasteiger partial charge in [-0.05, 0) is 32.5 Å². The van der Waals surface area contributed by atoms with E-state index in [4.69, 9.17) is 17.0 Å². The van der Waals surface area contributed by atoms with E-state index in [1.54, 1.807) is 19.1 Å². The van der Waals surface area contributed by atoms with E-state index in [9.17, 15) is 10.1 Å². The van der Waals surface area contributed by atoms with Crippen LogP contribution < -0.4 is 10.7 Å². The number of rotatable bonds is 8. The largest absolute Gasteiger partial charge is 0.382 e. The van der Waals surface area contributed by atoms with Gasteiger partial charge in [0, 0.05) is 37.5 Å². The summed E-state index contributed by atoms with van der Waals surface area (Å²) in [6.45, 7) is 5.78. The van der Waals surface area contributed by atoms with Gasteiger partial charge in [0.15, 0.2) is 5.11 Å². The minimum absolute atomic E-state index is 0.0312. The zero-order chi connectivity index (χ0) is 16.4. The van der Waals surface area contributed by atoms with Crippen LogP contribution in [0.5, 0.6) is 0 Å². The van der Waals surface area contributed by atoms with Crippen molar-refractivity contribution >= 4 is 28.7 Å². The molecule has 0 radical (unpaired) electrons. The summed E-state index contributed by atoms with van der Waals surface area (Å²) in [7, 11) is 0. The van der Waals surface area contributed by atoms with Crippen molar-refractivity contribution in [3.63, 3.8) is 0 Å². The molecule has 22 heavy (non-hydrogen) atoms. The second-order valence-corrected chi connectivity index (χ2v) is 4.83. The molecule has 7 nitrogen and oxygen atoms in total. The van der Waals surface area contributed by atoms with Crippen molar-refractivity contribution in [2.45, 2.75) is 20.3 Å². The fourth-order valence-corrected chi connectivity index (χ4v) is 1.75. The molecule has 0 spiro atoms. The van der Waals surface area contributed by atoms with E-state index in [2.05, 4.69) is 15.8 Å². The molecule has 0 aromatic heterocycles. The molecular formula is C14H20N4O3S. The third kappa shape index (κ3) is 6.59. The Balaban J connectivity index is 2.46. The van der Waals surface area contributed by atoms with Crippen molar-refractivity contribution in [3.05, 3.63) is 39.9 Å². The molecule has 0 saturated heterocycles. The molecule has 120 valence electrons. The number of non-ortho nitro benzene ring substituents is 1. The zero-order valence-electron chi connectivity index (χ0n) is 12.7. The summed E-state index contributed by atoms with van der Waals surface area (Å²) < 4.78 is 5.22. The Bertz CT molecular complexity index is 549. The van der Waals surface area contributed by atoms with E-state index in [1.165, 1.54) is 12.1 Å². The van der Waals surface area contributed by atoms with Gasteiger partial charge in [0.2, 0.25) is 0 Å². The predicted octanol–water partition coefficient (Wildman–Crippen LogP) is 2.21. The Morgan fingerprint density at radius 1 is 1.50 bits per heavy atom. The van der Waals surface area contributed by atoms with E-state index in [1.807, 2.05) is 6.92 Å². The summed E-state index contributed by atoms with van der Waals surface area (Å²) in [4.78, 5) is 10.3. The number of thiocarbonyl (C=S) groups is 1. The van der Waals surface area contributed by atoms with Gasteiger partial charge in [-0.1, -0.05) is 12.1 Å². The zero-order valence-corrected chi connectivity index (χ0v) is 13.5. The van der Waals surface area contributed by atoms with Gasteiger partial charge in [-0.2, -0.15) is 5.10 Å². The summed E-state index contributed by atoms with van der Waals surface area (Å²) in [5.74, 6) is 0. The van der Waals surface area contributed by atoms with Gasteiger partial charge in [0.1, 0.15) is 0 Å². The number of benzene rings is 1. The summed E-state index contributed by atoms with van der Waals surface area (Å²) in [5, 5.41) is 18.3.